The van der Waals surface area contributed by atoms with E-state index in [0.29, 0.717) is 11.8 Å². The van der Waals surface area contributed by atoms with Gasteiger partial charge in [-0.3, -0.25) is 9.69 Å². The third-order valence-corrected chi connectivity index (χ3v) is 5.33. The summed E-state index contributed by atoms with van der Waals surface area (Å²) in [7, 11) is 0. The zero-order chi connectivity index (χ0) is 16.8. The van der Waals surface area contributed by atoms with Gasteiger partial charge in [-0.1, -0.05) is 0 Å². The first-order valence-electron chi connectivity index (χ1n) is 9.37. The number of nitrogens with zero attached hydrogens (tertiary/aromatic N) is 2. The van der Waals surface area contributed by atoms with E-state index in [1.54, 1.807) is 6.26 Å². The lowest BCUT2D eigenvalue weighted by Crippen LogP contribution is -2.46. The maximum Gasteiger partial charge on any atom is 0.226 e. The lowest BCUT2D eigenvalue weighted by Gasteiger charge is -2.36. The molecule has 3 rings (SSSR count). The Morgan fingerprint density at radius 3 is 2.88 bits per heavy atom. The molecular weight excluding hydrogens is 304 g/mol. The topological polar surface area (TPSA) is 45.9 Å². The van der Waals surface area contributed by atoms with Gasteiger partial charge in [0, 0.05) is 32.8 Å². The average molecular weight is 334 g/mol. The summed E-state index contributed by atoms with van der Waals surface area (Å²) >= 11 is 0. The number of ether oxygens (including phenoxy) is 1. The van der Waals surface area contributed by atoms with Crippen LogP contribution in [0.1, 0.15) is 38.4 Å². The lowest BCUT2D eigenvalue weighted by atomic mass is 9.94. The van der Waals surface area contributed by atoms with Gasteiger partial charge in [-0.05, 0) is 57.2 Å². The molecule has 24 heavy (non-hydrogen) atoms. The second kappa shape index (κ2) is 8.67. The molecule has 2 aliphatic heterocycles. The monoisotopic (exact) mass is 334 g/mol. The molecule has 0 N–H and O–H groups in total. The standard InChI is InChI=1S/C19H30N2O3/c1-2-21(13-16-7-11-23-12-8-16)19(22)17-5-3-9-20(14-17)15-18-6-4-10-24-18/h4,6,10,16-17H,2-3,5,7-9,11-15H2,1H3/t17-/m1/s1. The van der Waals surface area contributed by atoms with Crippen LogP contribution in [0, 0.1) is 11.8 Å². The van der Waals surface area contributed by atoms with Gasteiger partial charge in [0.15, 0.2) is 0 Å². The second-order valence-electron chi connectivity index (χ2n) is 7.09. The molecule has 0 aromatic carbocycles. The number of furan rings is 1. The molecule has 5 nitrogen and oxygen atoms in total. The van der Waals surface area contributed by atoms with Crippen molar-refractivity contribution in [2.24, 2.45) is 11.8 Å². The van der Waals surface area contributed by atoms with Crippen molar-refractivity contribution in [3.05, 3.63) is 24.2 Å². The van der Waals surface area contributed by atoms with E-state index in [4.69, 9.17) is 9.15 Å². The van der Waals surface area contributed by atoms with E-state index in [0.717, 1.165) is 77.4 Å². The molecule has 2 aliphatic rings. The minimum absolute atomic E-state index is 0.133. The minimum atomic E-state index is 0.133. The van der Waals surface area contributed by atoms with E-state index in [-0.39, 0.29) is 5.92 Å². The van der Waals surface area contributed by atoms with Crippen molar-refractivity contribution >= 4 is 5.91 Å². The molecule has 0 spiro atoms. The van der Waals surface area contributed by atoms with Crippen LogP contribution in [0.4, 0.5) is 0 Å². The number of piperidine rings is 1. The van der Waals surface area contributed by atoms with E-state index in [1.807, 2.05) is 12.1 Å². The average Bonchev–Trinajstić information content (AvgIpc) is 3.13. The van der Waals surface area contributed by atoms with Crippen LogP contribution in [0.3, 0.4) is 0 Å². The first kappa shape index (κ1) is 17.5. The molecule has 0 aliphatic carbocycles. The third-order valence-electron chi connectivity index (χ3n) is 5.33. The zero-order valence-corrected chi connectivity index (χ0v) is 14.8. The van der Waals surface area contributed by atoms with Gasteiger partial charge in [0.1, 0.15) is 5.76 Å². The quantitative estimate of drug-likeness (QED) is 0.802. The van der Waals surface area contributed by atoms with Crippen molar-refractivity contribution < 1.29 is 13.9 Å². The van der Waals surface area contributed by atoms with Crippen LogP contribution in [-0.2, 0) is 16.1 Å². The van der Waals surface area contributed by atoms with Crippen molar-refractivity contribution in [2.45, 2.75) is 39.2 Å². The van der Waals surface area contributed by atoms with Crippen molar-refractivity contribution in [2.75, 3.05) is 39.4 Å². The van der Waals surface area contributed by atoms with Gasteiger partial charge >= 0.3 is 0 Å². The van der Waals surface area contributed by atoms with E-state index < -0.39 is 0 Å². The largest absolute Gasteiger partial charge is 0.468 e. The second-order valence-corrected chi connectivity index (χ2v) is 7.09. The Hall–Kier alpha value is -1.33. The summed E-state index contributed by atoms with van der Waals surface area (Å²) in [6.07, 6.45) is 5.98. The predicted molar refractivity (Wildman–Crippen MR) is 92.5 cm³/mol. The van der Waals surface area contributed by atoms with Gasteiger partial charge < -0.3 is 14.1 Å². The fourth-order valence-corrected chi connectivity index (χ4v) is 3.90. The van der Waals surface area contributed by atoms with Crippen LogP contribution in [0.15, 0.2) is 22.8 Å². The van der Waals surface area contributed by atoms with Gasteiger partial charge in [-0.25, -0.2) is 0 Å². The zero-order valence-electron chi connectivity index (χ0n) is 14.8. The Kier molecular flexibility index (Phi) is 6.32. The highest BCUT2D eigenvalue weighted by Gasteiger charge is 2.30. The maximum atomic E-state index is 13.0. The summed E-state index contributed by atoms with van der Waals surface area (Å²) in [5.41, 5.74) is 0. The van der Waals surface area contributed by atoms with E-state index in [1.165, 1.54) is 0 Å². The summed E-state index contributed by atoms with van der Waals surface area (Å²) in [6, 6.07) is 3.93. The molecule has 3 heterocycles. The fourth-order valence-electron chi connectivity index (χ4n) is 3.90. The van der Waals surface area contributed by atoms with E-state index in [9.17, 15) is 4.79 Å². The molecule has 1 aromatic rings. The molecule has 5 heteroatoms. The minimum Gasteiger partial charge on any atom is -0.468 e. The highest BCUT2D eigenvalue weighted by atomic mass is 16.5. The van der Waals surface area contributed by atoms with Gasteiger partial charge in [-0.15, -0.1) is 0 Å². The highest BCUT2D eigenvalue weighted by molar-refractivity contribution is 5.79. The smallest absolute Gasteiger partial charge is 0.226 e. The Morgan fingerprint density at radius 2 is 2.17 bits per heavy atom. The van der Waals surface area contributed by atoms with Gasteiger partial charge in [0.05, 0.1) is 18.7 Å². The van der Waals surface area contributed by atoms with Crippen LogP contribution < -0.4 is 0 Å². The number of hydrogen-bond acceptors (Lipinski definition) is 4. The molecule has 0 bridgehead atoms. The third kappa shape index (κ3) is 4.61. The number of rotatable bonds is 6. The van der Waals surface area contributed by atoms with Crippen LogP contribution in [0.2, 0.25) is 0 Å². The van der Waals surface area contributed by atoms with E-state index >= 15 is 0 Å². The van der Waals surface area contributed by atoms with E-state index in [2.05, 4.69) is 16.7 Å². The molecule has 134 valence electrons. The Labute approximate surface area is 144 Å². The number of likely N-dealkylation sites (tertiary alicyclic amines) is 1. The number of hydrogen-bond donors (Lipinski definition) is 0. The number of carbonyl (C=O) groups excluding carboxylic acids is 1. The van der Waals surface area contributed by atoms with Crippen LogP contribution in [-0.4, -0.2) is 55.1 Å². The molecule has 1 atom stereocenters. The lowest BCUT2D eigenvalue weighted by molar-refractivity contribution is -0.138. The molecule has 0 unspecified atom stereocenters. The molecule has 2 saturated heterocycles. The summed E-state index contributed by atoms with van der Waals surface area (Å²) in [5.74, 6) is 2.06. The SMILES string of the molecule is CCN(CC1CCOCC1)C(=O)[C@@H]1CCCN(Cc2ccco2)C1. The normalized spacial score (nSPS) is 23.3. The molecule has 2 fully saturated rings. The summed E-state index contributed by atoms with van der Waals surface area (Å²) < 4.78 is 10.9. The highest BCUT2D eigenvalue weighted by Crippen LogP contribution is 2.23. The Morgan fingerprint density at radius 1 is 1.33 bits per heavy atom. The van der Waals surface area contributed by atoms with Crippen LogP contribution in [0.25, 0.3) is 0 Å². The maximum absolute atomic E-state index is 13.0. The van der Waals surface area contributed by atoms with Gasteiger partial charge in [0.25, 0.3) is 0 Å². The van der Waals surface area contributed by atoms with Crippen LogP contribution >= 0.6 is 0 Å². The summed E-state index contributed by atoms with van der Waals surface area (Å²) in [6.45, 7) is 8.20. The van der Waals surface area contributed by atoms with Gasteiger partial charge in [-0.2, -0.15) is 0 Å². The van der Waals surface area contributed by atoms with Crippen molar-refractivity contribution in [1.82, 2.24) is 9.80 Å². The summed E-state index contributed by atoms with van der Waals surface area (Å²) in [5, 5.41) is 0. The number of amides is 1. The van der Waals surface area contributed by atoms with Crippen molar-refractivity contribution in [1.29, 1.82) is 0 Å². The molecule has 1 amide bonds. The molecular formula is C19H30N2O3. The van der Waals surface area contributed by atoms with Gasteiger partial charge in [0.2, 0.25) is 5.91 Å². The molecule has 0 radical (unpaired) electrons. The first-order valence-corrected chi connectivity index (χ1v) is 9.37. The Balaban J connectivity index is 1.53. The molecule has 0 saturated carbocycles. The number of carbonyl (C=O) groups is 1. The van der Waals surface area contributed by atoms with Crippen LogP contribution in [0.5, 0.6) is 0 Å². The fraction of sp³-hybridized carbons (Fsp3) is 0.737. The summed E-state index contributed by atoms with van der Waals surface area (Å²) in [4.78, 5) is 17.4. The van der Waals surface area contributed by atoms with Crippen molar-refractivity contribution in [3.8, 4) is 0 Å². The first-order chi connectivity index (χ1) is 11.8. The molecule has 1 aromatic heterocycles. The Bertz CT molecular complexity index is 497. The predicted octanol–water partition coefficient (Wildman–Crippen LogP) is 2.77. The van der Waals surface area contributed by atoms with Crippen molar-refractivity contribution in [3.63, 3.8) is 0 Å².